The molecule has 37 heavy (non-hydrogen) atoms. The molecule has 5 aromatic rings. The van der Waals surface area contributed by atoms with Gasteiger partial charge in [-0.05, 0) is 66.4 Å². The van der Waals surface area contributed by atoms with Gasteiger partial charge in [0.25, 0.3) is 0 Å². The number of carbonyl (C=O) groups is 1. The van der Waals surface area contributed by atoms with Gasteiger partial charge < -0.3 is 16.8 Å². The van der Waals surface area contributed by atoms with Crippen LogP contribution in [0.1, 0.15) is 40.0 Å². The lowest BCUT2D eigenvalue weighted by Crippen LogP contribution is -2.06. The van der Waals surface area contributed by atoms with E-state index in [0.29, 0.717) is 12.4 Å². The van der Waals surface area contributed by atoms with Crippen molar-refractivity contribution < 1.29 is 4.79 Å². The van der Waals surface area contributed by atoms with Crippen molar-refractivity contribution in [3.63, 3.8) is 0 Å². The number of aryl methyl sites for hydroxylation is 2. The average molecular weight is 511 g/mol. The lowest BCUT2D eigenvalue weighted by Gasteiger charge is -2.18. The van der Waals surface area contributed by atoms with E-state index in [1.54, 1.807) is 17.5 Å². The number of nitrogens with zero attached hydrogens (tertiary/aromatic N) is 3. The minimum atomic E-state index is 0.250. The summed E-state index contributed by atoms with van der Waals surface area (Å²) in [7, 11) is 0. The van der Waals surface area contributed by atoms with E-state index >= 15 is 0 Å². The molecule has 0 radical (unpaired) electrons. The molecule has 5 N–H and O–H groups in total. The predicted molar refractivity (Wildman–Crippen MR) is 153 cm³/mol. The highest BCUT2D eigenvalue weighted by Gasteiger charge is 2.15. The van der Waals surface area contributed by atoms with Crippen molar-refractivity contribution in [3.8, 4) is 10.4 Å². The van der Waals surface area contributed by atoms with Crippen molar-refractivity contribution in [2.75, 3.05) is 11.1 Å². The van der Waals surface area contributed by atoms with Gasteiger partial charge >= 0.3 is 0 Å². The summed E-state index contributed by atoms with van der Waals surface area (Å²) >= 11 is 1.76. The number of fused-ring (bicyclic) bond motifs is 1. The lowest BCUT2D eigenvalue weighted by atomic mass is 9.91. The number of hydrogen-bond donors (Lipinski definition) is 3. The number of benzene rings is 2. The number of primary amides is 1. The molecule has 8 heteroatoms. The van der Waals surface area contributed by atoms with Crippen LogP contribution < -0.4 is 16.8 Å². The number of pyridine rings is 1. The third-order valence-electron chi connectivity index (χ3n) is 6.27. The Labute approximate surface area is 220 Å². The van der Waals surface area contributed by atoms with E-state index in [2.05, 4.69) is 89.2 Å². The van der Waals surface area contributed by atoms with Crippen LogP contribution in [-0.4, -0.2) is 21.4 Å². The van der Waals surface area contributed by atoms with Crippen LogP contribution in [0.25, 0.3) is 21.5 Å². The number of hydrogen-bond acceptors (Lipinski definition) is 7. The van der Waals surface area contributed by atoms with Gasteiger partial charge in [0.1, 0.15) is 11.6 Å². The number of carbonyl (C=O) groups excluding carboxylic acids is 1. The summed E-state index contributed by atoms with van der Waals surface area (Å²) in [6, 6.07) is 21.3. The minimum Gasteiger partial charge on any atom is -0.382 e. The van der Waals surface area contributed by atoms with Gasteiger partial charge in [-0.1, -0.05) is 37.3 Å². The van der Waals surface area contributed by atoms with Crippen molar-refractivity contribution in [2.45, 2.75) is 33.2 Å². The number of nitrogen functional groups attached to an aromatic ring is 1. The van der Waals surface area contributed by atoms with E-state index < -0.39 is 0 Å². The second-order valence-electron chi connectivity index (χ2n) is 8.76. The molecule has 0 aliphatic rings. The third-order valence-corrected chi connectivity index (χ3v) is 7.41. The maximum atomic E-state index is 8.58. The summed E-state index contributed by atoms with van der Waals surface area (Å²) in [4.78, 5) is 24.4. The summed E-state index contributed by atoms with van der Waals surface area (Å²) in [6.07, 6.45) is 3.68. The second kappa shape index (κ2) is 11.6. The molecule has 1 unspecified atom stereocenters. The predicted octanol–water partition coefficient (Wildman–Crippen LogP) is 5.82. The first-order chi connectivity index (χ1) is 17.9. The van der Waals surface area contributed by atoms with E-state index in [1.807, 2.05) is 24.4 Å². The Hall–Kier alpha value is -4.30. The van der Waals surface area contributed by atoms with Crippen molar-refractivity contribution in [1.29, 1.82) is 0 Å². The lowest BCUT2D eigenvalue weighted by molar-refractivity contribution is -0.106. The topological polar surface area (TPSA) is 120 Å². The Morgan fingerprint density at radius 1 is 1.00 bits per heavy atom. The smallest absolute Gasteiger partial charge is 0.204 e. The maximum absolute atomic E-state index is 8.58. The average Bonchev–Trinajstić information content (AvgIpc) is 3.38. The molecule has 0 spiro atoms. The molecule has 0 saturated carbocycles. The number of nitrogens with two attached hydrogens (primary N) is 2. The van der Waals surface area contributed by atoms with E-state index in [1.165, 1.54) is 32.0 Å². The molecule has 0 bridgehead atoms. The molecular weight excluding hydrogens is 480 g/mol. The summed E-state index contributed by atoms with van der Waals surface area (Å²) in [5.41, 5.74) is 17.9. The zero-order valence-corrected chi connectivity index (χ0v) is 21.9. The molecular formula is C29H30N6OS. The number of aromatic nitrogens is 3. The van der Waals surface area contributed by atoms with Gasteiger partial charge in [0.2, 0.25) is 6.41 Å². The van der Waals surface area contributed by atoms with Gasteiger partial charge in [-0.3, -0.25) is 9.78 Å². The molecule has 3 heterocycles. The number of amides is 1. The second-order valence-corrected chi connectivity index (χ2v) is 9.93. The highest BCUT2D eigenvalue weighted by molar-refractivity contribution is 7.15. The van der Waals surface area contributed by atoms with Crippen LogP contribution in [0.5, 0.6) is 0 Å². The van der Waals surface area contributed by atoms with Gasteiger partial charge in [0.05, 0.1) is 23.8 Å². The van der Waals surface area contributed by atoms with Crippen molar-refractivity contribution in [2.24, 2.45) is 5.73 Å². The maximum Gasteiger partial charge on any atom is 0.204 e. The first-order valence-electron chi connectivity index (χ1n) is 11.9. The Morgan fingerprint density at radius 2 is 1.81 bits per heavy atom. The summed E-state index contributed by atoms with van der Waals surface area (Å²) < 4.78 is 0. The molecule has 0 fully saturated rings. The Kier molecular flexibility index (Phi) is 8.10. The van der Waals surface area contributed by atoms with Crippen molar-refractivity contribution in [3.05, 3.63) is 100 Å². The Bertz CT molecular complexity index is 1530. The first kappa shape index (κ1) is 25.8. The highest BCUT2D eigenvalue weighted by Crippen LogP contribution is 2.32. The Balaban J connectivity index is 0.00000102. The molecule has 0 aliphatic carbocycles. The van der Waals surface area contributed by atoms with Gasteiger partial charge in [-0.2, -0.15) is 0 Å². The van der Waals surface area contributed by atoms with Crippen LogP contribution in [0.4, 0.5) is 11.6 Å². The normalized spacial score (nSPS) is 11.4. The Morgan fingerprint density at radius 3 is 2.59 bits per heavy atom. The van der Waals surface area contributed by atoms with Gasteiger partial charge in [0, 0.05) is 27.4 Å². The summed E-state index contributed by atoms with van der Waals surface area (Å²) in [5, 5.41) is 3.57. The largest absolute Gasteiger partial charge is 0.382 e. The fourth-order valence-corrected chi connectivity index (χ4v) is 5.05. The number of rotatable bonds is 6. The molecule has 1 amide bonds. The van der Waals surface area contributed by atoms with Gasteiger partial charge in [-0.25, -0.2) is 9.97 Å². The van der Waals surface area contributed by atoms with E-state index in [0.717, 1.165) is 22.4 Å². The quantitative estimate of drug-likeness (QED) is 0.248. The summed E-state index contributed by atoms with van der Waals surface area (Å²) in [6.45, 7) is 7.27. The number of nitrogens with one attached hydrogen (secondary N) is 1. The van der Waals surface area contributed by atoms with Crippen LogP contribution in [0, 0.1) is 13.8 Å². The number of thiophene rings is 1. The van der Waals surface area contributed by atoms with E-state index in [4.69, 9.17) is 10.5 Å². The van der Waals surface area contributed by atoms with Crippen LogP contribution >= 0.6 is 11.3 Å². The zero-order chi connectivity index (χ0) is 26.4. The van der Waals surface area contributed by atoms with Crippen LogP contribution in [0.2, 0.25) is 0 Å². The van der Waals surface area contributed by atoms with Crippen LogP contribution in [0.15, 0.2) is 73.1 Å². The molecule has 5 rings (SSSR count). The third kappa shape index (κ3) is 6.10. The highest BCUT2D eigenvalue weighted by atomic mass is 32.1. The monoisotopic (exact) mass is 510 g/mol. The van der Waals surface area contributed by atoms with E-state index in [-0.39, 0.29) is 12.3 Å². The van der Waals surface area contributed by atoms with Crippen molar-refractivity contribution >= 4 is 40.4 Å². The zero-order valence-electron chi connectivity index (χ0n) is 21.1. The molecule has 2 aromatic carbocycles. The molecule has 1 atom stereocenters. The summed E-state index contributed by atoms with van der Waals surface area (Å²) in [5.74, 6) is 1.61. The minimum absolute atomic E-state index is 0.250. The molecule has 3 aromatic heterocycles. The van der Waals surface area contributed by atoms with Gasteiger partial charge in [0.15, 0.2) is 0 Å². The molecule has 0 aliphatic heterocycles. The fourth-order valence-electron chi connectivity index (χ4n) is 4.11. The fraction of sp³-hybridized carbons (Fsp3) is 0.172. The molecule has 0 saturated heterocycles. The van der Waals surface area contributed by atoms with Crippen LogP contribution in [0.3, 0.4) is 0 Å². The number of anilines is 2. The van der Waals surface area contributed by atoms with E-state index in [9.17, 15) is 0 Å². The van der Waals surface area contributed by atoms with Crippen LogP contribution in [-0.2, 0) is 11.3 Å². The standard InChI is InChI=1S/C28H27N5S.CH3NO/c1-17-6-7-20(13-18(17)2)19(3)23-5-4-12-30-28(23)32-15-22-9-11-26(34-22)21-8-10-24-25(14-21)33-27(29)16-31-24;2-1-3/h4-14,16,19H,15H2,1-3H3,(H2,29,33)(H,30,32);1H,(H2,2,3). The molecule has 7 nitrogen and oxygen atoms in total. The molecule has 188 valence electrons. The van der Waals surface area contributed by atoms with Gasteiger partial charge in [-0.15, -0.1) is 11.3 Å². The first-order valence-corrected chi connectivity index (χ1v) is 12.7. The van der Waals surface area contributed by atoms with Crippen molar-refractivity contribution in [1.82, 2.24) is 15.0 Å². The SMILES string of the molecule is Cc1ccc(C(C)c2cccnc2NCc2ccc(-c3ccc4ncc(N)nc4c3)s2)cc1C.NC=O.